The first-order chi connectivity index (χ1) is 6.01. The van der Waals surface area contributed by atoms with Crippen LogP contribution in [0.3, 0.4) is 0 Å². The Hall–Kier alpha value is -0.283. The molecule has 3 heteroatoms. The average Bonchev–Trinajstić information content (AvgIpc) is 2.03. The zero-order valence-corrected chi connectivity index (χ0v) is 11.0. The number of hydrogen-bond acceptors (Lipinski definition) is 1. The van der Waals surface area contributed by atoms with Crippen LogP contribution in [0.5, 0.6) is 0 Å². The number of hydrogen-bond donors (Lipinski definition) is 1. The lowest BCUT2D eigenvalue weighted by Gasteiger charge is -2.19. The summed E-state index contributed by atoms with van der Waals surface area (Å²) in [5.74, 6) is 0. The summed E-state index contributed by atoms with van der Waals surface area (Å²) >= 11 is 3.43. The van der Waals surface area contributed by atoms with E-state index in [2.05, 4.69) is 64.8 Å². The van der Waals surface area contributed by atoms with Gasteiger partial charge in [0, 0.05) is 11.0 Å². The van der Waals surface area contributed by atoms with E-state index in [1.165, 1.54) is 11.3 Å². The molecule has 13 heavy (non-hydrogen) atoms. The molecule has 1 rings (SSSR count). The summed E-state index contributed by atoms with van der Waals surface area (Å²) in [6.07, 6.45) is 0. The van der Waals surface area contributed by atoms with E-state index in [-0.39, 0.29) is 0 Å². The molecule has 0 bridgehead atoms. The molecular weight excluding hydrogens is 242 g/mol. The standard InChI is InChI=1S/C10H16BrNSi/c1-13(2,3)12-10-6-4-9(8-11)5-7-10/h4-7,12H,8H2,1-3H3. The normalized spacial score (nSPS) is 11.4. The van der Waals surface area contributed by atoms with Gasteiger partial charge in [0.1, 0.15) is 8.24 Å². The molecule has 0 atom stereocenters. The molecule has 1 aromatic rings. The predicted molar refractivity (Wildman–Crippen MR) is 66.0 cm³/mol. The Labute approximate surface area is 89.8 Å². The largest absolute Gasteiger partial charge is 0.411 e. The quantitative estimate of drug-likeness (QED) is 0.641. The van der Waals surface area contributed by atoms with Crippen molar-refractivity contribution < 1.29 is 0 Å². The lowest BCUT2D eigenvalue weighted by molar-refractivity contribution is 1.43. The van der Waals surface area contributed by atoms with Crippen LogP contribution in [-0.4, -0.2) is 8.24 Å². The highest BCUT2D eigenvalue weighted by molar-refractivity contribution is 9.08. The Morgan fingerprint density at radius 3 is 2.08 bits per heavy atom. The third-order valence-electron chi connectivity index (χ3n) is 1.63. The van der Waals surface area contributed by atoms with Crippen LogP contribution >= 0.6 is 15.9 Å². The van der Waals surface area contributed by atoms with Gasteiger partial charge < -0.3 is 4.98 Å². The van der Waals surface area contributed by atoms with Crippen LogP contribution in [0.4, 0.5) is 5.69 Å². The van der Waals surface area contributed by atoms with Crippen LogP contribution in [0, 0.1) is 0 Å². The zero-order valence-electron chi connectivity index (χ0n) is 8.39. The van der Waals surface area contributed by atoms with Crippen molar-refractivity contribution in [3.63, 3.8) is 0 Å². The van der Waals surface area contributed by atoms with Gasteiger partial charge in [-0.1, -0.05) is 47.7 Å². The van der Waals surface area contributed by atoms with E-state index in [1.807, 2.05) is 0 Å². The molecule has 0 fully saturated rings. The number of halogens is 1. The molecule has 72 valence electrons. The number of nitrogens with one attached hydrogen (secondary N) is 1. The zero-order chi connectivity index (χ0) is 9.90. The fraction of sp³-hybridized carbons (Fsp3) is 0.400. The Morgan fingerprint density at radius 2 is 1.69 bits per heavy atom. The number of rotatable bonds is 3. The van der Waals surface area contributed by atoms with E-state index in [9.17, 15) is 0 Å². The summed E-state index contributed by atoms with van der Waals surface area (Å²) < 4.78 is 0. The van der Waals surface area contributed by atoms with E-state index in [4.69, 9.17) is 0 Å². The molecule has 1 N–H and O–H groups in total. The molecule has 0 saturated heterocycles. The average molecular weight is 258 g/mol. The number of anilines is 1. The Balaban J connectivity index is 2.70. The maximum atomic E-state index is 3.56. The van der Waals surface area contributed by atoms with Crippen LogP contribution < -0.4 is 4.98 Å². The van der Waals surface area contributed by atoms with Gasteiger partial charge in [-0.2, -0.15) is 0 Å². The fourth-order valence-electron chi connectivity index (χ4n) is 1.11. The summed E-state index contributed by atoms with van der Waals surface area (Å²) in [6.45, 7) is 6.89. The molecule has 1 nitrogen and oxygen atoms in total. The molecule has 0 amide bonds. The minimum Gasteiger partial charge on any atom is -0.411 e. The molecule has 0 radical (unpaired) electrons. The van der Waals surface area contributed by atoms with Gasteiger partial charge in [0.05, 0.1) is 0 Å². The van der Waals surface area contributed by atoms with Gasteiger partial charge in [-0.25, -0.2) is 0 Å². The summed E-state index contributed by atoms with van der Waals surface area (Å²) in [5, 5.41) is 0.931. The van der Waals surface area contributed by atoms with Crippen molar-refractivity contribution in [2.75, 3.05) is 4.98 Å². The fourth-order valence-corrected chi connectivity index (χ4v) is 2.52. The van der Waals surface area contributed by atoms with Gasteiger partial charge in [0.2, 0.25) is 0 Å². The van der Waals surface area contributed by atoms with E-state index >= 15 is 0 Å². The summed E-state index contributed by atoms with van der Waals surface area (Å²) in [6, 6.07) is 8.60. The van der Waals surface area contributed by atoms with E-state index < -0.39 is 8.24 Å². The van der Waals surface area contributed by atoms with E-state index in [0.717, 1.165) is 5.33 Å². The Bertz CT molecular complexity index is 263. The lowest BCUT2D eigenvalue weighted by atomic mass is 10.2. The lowest BCUT2D eigenvalue weighted by Crippen LogP contribution is -2.32. The summed E-state index contributed by atoms with van der Waals surface area (Å²) in [7, 11) is -1.19. The van der Waals surface area contributed by atoms with Crippen LogP contribution in [0.1, 0.15) is 5.56 Å². The Morgan fingerprint density at radius 1 is 1.15 bits per heavy atom. The van der Waals surface area contributed by atoms with Crippen molar-refractivity contribution in [3.05, 3.63) is 29.8 Å². The first-order valence-electron chi connectivity index (χ1n) is 4.44. The highest BCUT2D eigenvalue weighted by Gasteiger charge is 2.11. The van der Waals surface area contributed by atoms with Crippen molar-refractivity contribution in [3.8, 4) is 0 Å². The van der Waals surface area contributed by atoms with Crippen molar-refractivity contribution in [1.29, 1.82) is 0 Å². The predicted octanol–water partition coefficient (Wildman–Crippen LogP) is 3.83. The molecule has 0 spiro atoms. The second kappa shape index (κ2) is 4.29. The van der Waals surface area contributed by atoms with E-state index in [0.29, 0.717) is 0 Å². The highest BCUT2D eigenvalue weighted by Crippen LogP contribution is 2.14. The second-order valence-electron chi connectivity index (χ2n) is 4.21. The van der Waals surface area contributed by atoms with Gasteiger partial charge in [0.25, 0.3) is 0 Å². The highest BCUT2D eigenvalue weighted by atomic mass is 79.9. The number of alkyl halides is 1. The first-order valence-corrected chi connectivity index (χ1v) is 9.06. The van der Waals surface area contributed by atoms with Crippen LogP contribution in [0.15, 0.2) is 24.3 Å². The van der Waals surface area contributed by atoms with Crippen molar-refractivity contribution in [1.82, 2.24) is 0 Å². The maximum absolute atomic E-state index is 3.56. The van der Waals surface area contributed by atoms with E-state index in [1.54, 1.807) is 0 Å². The molecule has 0 aliphatic rings. The van der Waals surface area contributed by atoms with Gasteiger partial charge in [-0.05, 0) is 17.7 Å². The van der Waals surface area contributed by atoms with Crippen LogP contribution in [0.25, 0.3) is 0 Å². The van der Waals surface area contributed by atoms with Crippen molar-refractivity contribution in [2.45, 2.75) is 25.0 Å². The summed E-state index contributed by atoms with van der Waals surface area (Å²) in [5.41, 5.74) is 2.56. The number of benzene rings is 1. The minimum absolute atomic E-state index is 0.931. The SMILES string of the molecule is C[Si](C)(C)Nc1ccc(CBr)cc1. The molecule has 1 aromatic carbocycles. The molecule has 0 heterocycles. The first kappa shape index (κ1) is 10.8. The van der Waals surface area contributed by atoms with Crippen LogP contribution in [0.2, 0.25) is 19.6 Å². The minimum atomic E-state index is -1.19. The van der Waals surface area contributed by atoms with Crippen molar-refractivity contribution >= 4 is 29.9 Å². The maximum Gasteiger partial charge on any atom is 0.144 e. The second-order valence-corrected chi connectivity index (χ2v) is 9.52. The van der Waals surface area contributed by atoms with Gasteiger partial charge in [-0.15, -0.1) is 0 Å². The smallest absolute Gasteiger partial charge is 0.144 e. The van der Waals surface area contributed by atoms with Gasteiger partial charge in [0.15, 0.2) is 0 Å². The third-order valence-corrected chi connectivity index (χ3v) is 3.31. The molecular formula is C10H16BrNSi. The van der Waals surface area contributed by atoms with Gasteiger partial charge >= 0.3 is 0 Å². The summed E-state index contributed by atoms with van der Waals surface area (Å²) in [4.78, 5) is 3.56. The van der Waals surface area contributed by atoms with Gasteiger partial charge in [-0.3, -0.25) is 0 Å². The molecule has 0 aliphatic carbocycles. The van der Waals surface area contributed by atoms with Crippen LogP contribution in [-0.2, 0) is 5.33 Å². The van der Waals surface area contributed by atoms with Crippen molar-refractivity contribution in [2.24, 2.45) is 0 Å². The molecule has 0 aromatic heterocycles. The monoisotopic (exact) mass is 257 g/mol. The molecule has 0 aliphatic heterocycles. The topological polar surface area (TPSA) is 12.0 Å². The Kier molecular flexibility index (Phi) is 3.56. The third kappa shape index (κ3) is 3.96. The molecule has 0 saturated carbocycles. The molecule has 0 unspecified atom stereocenters.